The standard InChI is InChI=1S/C16H11ClF3N5/c17-14-13(12-10(19)6-9(18)7-11(12)20)15(24-4-2-1-3-5-24)25-16(23-14)21-8-22-25/h2,4,6-8H,1,3,5H2. The van der Waals surface area contributed by atoms with E-state index in [1.807, 2.05) is 6.08 Å². The first-order chi connectivity index (χ1) is 12.1. The van der Waals surface area contributed by atoms with Gasteiger partial charge >= 0.3 is 0 Å². The van der Waals surface area contributed by atoms with Crippen LogP contribution in [0.4, 0.5) is 19.0 Å². The zero-order valence-electron chi connectivity index (χ0n) is 12.8. The maximum Gasteiger partial charge on any atom is 0.255 e. The molecule has 0 unspecified atom stereocenters. The van der Waals surface area contributed by atoms with E-state index in [-0.39, 0.29) is 16.5 Å². The zero-order valence-corrected chi connectivity index (χ0v) is 13.5. The lowest BCUT2D eigenvalue weighted by Crippen LogP contribution is -2.24. The molecule has 3 heterocycles. The molecule has 0 amide bonds. The van der Waals surface area contributed by atoms with Crippen molar-refractivity contribution in [3.8, 4) is 11.1 Å². The number of hydrogen-bond donors (Lipinski definition) is 0. The highest BCUT2D eigenvalue weighted by molar-refractivity contribution is 6.33. The second-order valence-corrected chi connectivity index (χ2v) is 5.90. The minimum absolute atomic E-state index is 0.00113. The molecule has 9 heteroatoms. The van der Waals surface area contributed by atoms with Gasteiger partial charge in [-0.3, -0.25) is 0 Å². The topological polar surface area (TPSA) is 46.3 Å². The number of nitrogens with zero attached hydrogens (tertiary/aromatic N) is 5. The molecule has 5 nitrogen and oxygen atoms in total. The zero-order chi connectivity index (χ0) is 17.6. The summed E-state index contributed by atoms with van der Waals surface area (Å²) in [6, 6.07) is 1.21. The summed E-state index contributed by atoms with van der Waals surface area (Å²) in [5, 5.41) is 3.95. The molecule has 0 radical (unpaired) electrons. The highest BCUT2D eigenvalue weighted by Gasteiger charge is 2.27. The molecule has 4 rings (SSSR count). The highest BCUT2D eigenvalue weighted by Crippen LogP contribution is 2.39. The number of allylic oxidation sites excluding steroid dienone is 1. The molecule has 2 aromatic heterocycles. The lowest BCUT2D eigenvalue weighted by atomic mass is 10.1. The summed E-state index contributed by atoms with van der Waals surface area (Å²) in [5.74, 6) is -2.62. The molecule has 0 fully saturated rings. The van der Waals surface area contributed by atoms with Crippen LogP contribution >= 0.6 is 11.6 Å². The summed E-state index contributed by atoms with van der Waals surface area (Å²) in [6.45, 7) is 0.600. The van der Waals surface area contributed by atoms with Crippen LogP contribution in [-0.4, -0.2) is 26.1 Å². The number of rotatable bonds is 2. The Morgan fingerprint density at radius 1 is 1.08 bits per heavy atom. The van der Waals surface area contributed by atoms with Crippen molar-refractivity contribution in [3.05, 3.63) is 53.3 Å². The first-order valence-corrected chi connectivity index (χ1v) is 7.91. The number of benzene rings is 1. The minimum Gasteiger partial charge on any atom is -0.333 e. The Morgan fingerprint density at radius 2 is 1.84 bits per heavy atom. The summed E-state index contributed by atoms with van der Waals surface area (Å²) in [4.78, 5) is 9.81. The van der Waals surface area contributed by atoms with Crippen LogP contribution in [0, 0.1) is 17.5 Å². The Morgan fingerprint density at radius 3 is 2.52 bits per heavy atom. The smallest absolute Gasteiger partial charge is 0.255 e. The average Bonchev–Trinajstić information content (AvgIpc) is 3.02. The molecule has 1 aromatic carbocycles. The van der Waals surface area contributed by atoms with E-state index in [1.165, 1.54) is 10.8 Å². The molecule has 128 valence electrons. The van der Waals surface area contributed by atoms with Crippen LogP contribution in [0.5, 0.6) is 0 Å². The SMILES string of the molecule is Fc1cc(F)c(-c2c(Cl)nc3ncnn3c2N2C=CCCC2)c(F)c1. The Bertz CT molecular complexity index is 978. The Balaban J connectivity index is 2.08. The van der Waals surface area contributed by atoms with Gasteiger partial charge in [0.05, 0.1) is 11.1 Å². The molecular formula is C16H11ClF3N5. The van der Waals surface area contributed by atoms with Gasteiger partial charge in [0.15, 0.2) is 0 Å². The van der Waals surface area contributed by atoms with Crippen LogP contribution in [0.3, 0.4) is 0 Å². The van der Waals surface area contributed by atoms with Crippen LogP contribution in [0.1, 0.15) is 12.8 Å². The van der Waals surface area contributed by atoms with Crippen LogP contribution in [-0.2, 0) is 0 Å². The van der Waals surface area contributed by atoms with Crippen LogP contribution in [0.2, 0.25) is 5.15 Å². The van der Waals surface area contributed by atoms with Gasteiger partial charge in [-0.05, 0) is 12.8 Å². The third-order valence-electron chi connectivity index (χ3n) is 3.94. The van der Waals surface area contributed by atoms with E-state index in [2.05, 4.69) is 15.1 Å². The Labute approximate surface area is 145 Å². The van der Waals surface area contributed by atoms with Crippen LogP contribution in [0.25, 0.3) is 16.9 Å². The van der Waals surface area contributed by atoms with Gasteiger partial charge in [-0.2, -0.15) is 19.6 Å². The van der Waals surface area contributed by atoms with Gasteiger partial charge in [-0.25, -0.2) is 13.2 Å². The van der Waals surface area contributed by atoms with Crippen LogP contribution in [0.15, 0.2) is 30.7 Å². The summed E-state index contributed by atoms with van der Waals surface area (Å²) in [7, 11) is 0. The number of fused-ring (bicyclic) bond motifs is 1. The van der Waals surface area contributed by atoms with Gasteiger partial charge < -0.3 is 4.90 Å². The fraction of sp³-hybridized carbons (Fsp3) is 0.188. The fourth-order valence-electron chi connectivity index (χ4n) is 2.90. The van der Waals surface area contributed by atoms with Gasteiger partial charge in [0, 0.05) is 24.9 Å². The second kappa shape index (κ2) is 6.03. The molecule has 0 saturated carbocycles. The number of hydrogen-bond acceptors (Lipinski definition) is 4. The third kappa shape index (κ3) is 2.62. The van der Waals surface area contributed by atoms with Crippen molar-refractivity contribution in [3.63, 3.8) is 0 Å². The summed E-state index contributed by atoms with van der Waals surface area (Å²) in [5.41, 5.74) is -0.452. The van der Waals surface area contributed by atoms with E-state index < -0.39 is 23.0 Å². The van der Waals surface area contributed by atoms with Crippen molar-refractivity contribution in [2.24, 2.45) is 0 Å². The molecule has 0 saturated heterocycles. The van der Waals surface area contributed by atoms with Crippen molar-refractivity contribution >= 4 is 23.2 Å². The highest BCUT2D eigenvalue weighted by atomic mass is 35.5. The maximum absolute atomic E-state index is 14.4. The molecule has 0 bridgehead atoms. The van der Waals surface area contributed by atoms with E-state index >= 15 is 0 Å². The lowest BCUT2D eigenvalue weighted by Gasteiger charge is -2.26. The van der Waals surface area contributed by atoms with Crippen molar-refractivity contribution in [2.75, 3.05) is 11.4 Å². The maximum atomic E-state index is 14.4. The molecular weight excluding hydrogens is 355 g/mol. The van der Waals surface area contributed by atoms with E-state index in [1.54, 1.807) is 11.1 Å². The van der Waals surface area contributed by atoms with Crippen molar-refractivity contribution in [2.45, 2.75) is 12.8 Å². The molecule has 1 aliphatic rings. The molecule has 1 aliphatic heterocycles. The van der Waals surface area contributed by atoms with Crippen molar-refractivity contribution < 1.29 is 13.2 Å². The predicted octanol–water partition coefficient (Wildman–Crippen LogP) is 3.98. The van der Waals surface area contributed by atoms with Gasteiger partial charge in [0.25, 0.3) is 5.78 Å². The molecule has 3 aromatic rings. The van der Waals surface area contributed by atoms with Crippen molar-refractivity contribution in [1.82, 2.24) is 19.6 Å². The molecule has 0 N–H and O–H groups in total. The molecule has 0 aliphatic carbocycles. The minimum atomic E-state index is -1.07. The van der Waals surface area contributed by atoms with E-state index in [9.17, 15) is 13.2 Å². The third-order valence-corrected chi connectivity index (χ3v) is 4.22. The Kier molecular flexibility index (Phi) is 3.84. The van der Waals surface area contributed by atoms with Gasteiger partial charge in [-0.15, -0.1) is 0 Å². The van der Waals surface area contributed by atoms with Crippen LogP contribution < -0.4 is 4.90 Å². The lowest BCUT2D eigenvalue weighted by molar-refractivity contribution is 0.547. The van der Waals surface area contributed by atoms with E-state index in [0.717, 1.165) is 12.8 Å². The van der Waals surface area contributed by atoms with E-state index in [4.69, 9.17) is 11.6 Å². The number of aromatic nitrogens is 4. The Hall–Kier alpha value is -2.61. The summed E-state index contributed by atoms with van der Waals surface area (Å²) >= 11 is 6.23. The predicted molar refractivity (Wildman–Crippen MR) is 86.8 cm³/mol. The van der Waals surface area contributed by atoms with E-state index in [0.29, 0.717) is 24.5 Å². The average molecular weight is 366 g/mol. The second-order valence-electron chi connectivity index (χ2n) is 5.54. The van der Waals surface area contributed by atoms with Gasteiger partial charge in [-0.1, -0.05) is 17.7 Å². The normalized spacial score (nSPS) is 14.5. The number of halogens is 4. The van der Waals surface area contributed by atoms with Gasteiger partial charge in [0.1, 0.15) is 34.7 Å². The summed E-state index contributed by atoms with van der Waals surface area (Å²) < 4.78 is 43.5. The summed E-state index contributed by atoms with van der Waals surface area (Å²) in [6.07, 6.45) is 6.74. The molecule has 25 heavy (non-hydrogen) atoms. The van der Waals surface area contributed by atoms with Gasteiger partial charge in [0.2, 0.25) is 0 Å². The first kappa shape index (κ1) is 15.9. The first-order valence-electron chi connectivity index (χ1n) is 7.53. The number of anilines is 1. The van der Waals surface area contributed by atoms with Crippen molar-refractivity contribution in [1.29, 1.82) is 0 Å². The fourth-order valence-corrected chi connectivity index (χ4v) is 3.15. The molecule has 0 atom stereocenters. The largest absolute Gasteiger partial charge is 0.333 e. The quantitative estimate of drug-likeness (QED) is 0.644. The monoisotopic (exact) mass is 365 g/mol. The molecule has 0 spiro atoms.